The van der Waals surface area contributed by atoms with Crippen molar-refractivity contribution >= 4 is 15.6 Å². The molecule has 1 atom stereocenters. The van der Waals surface area contributed by atoms with E-state index in [-0.39, 0.29) is 33.9 Å². The first-order valence-electron chi connectivity index (χ1n) is 7.01. The summed E-state index contributed by atoms with van der Waals surface area (Å²) in [6, 6.07) is 6.35. The van der Waals surface area contributed by atoms with Crippen LogP contribution >= 0.6 is 0 Å². The molecule has 0 fully saturated rings. The van der Waals surface area contributed by atoms with E-state index in [4.69, 9.17) is 4.74 Å². The van der Waals surface area contributed by atoms with Crippen molar-refractivity contribution in [2.45, 2.75) is 17.5 Å². The van der Waals surface area contributed by atoms with E-state index in [1.807, 2.05) is 0 Å². The third kappa shape index (κ3) is 2.91. The van der Waals surface area contributed by atoms with Gasteiger partial charge in [-0.25, -0.2) is 17.2 Å². The second-order valence-electron chi connectivity index (χ2n) is 5.62. The molecule has 0 aromatic heterocycles. The van der Waals surface area contributed by atoms with Crippen LogP contribution in [0.5, 0.6) is 11.5 Å². The van der Waals surface area contributed by atoms with Crippen LogP contribution in [0.25, 0.3) is 0 Å². The fraction of sp³-hybridized carbons (Fsp3) is 0.176. The van der Waals surface area contributed by atoms with Crippen molar-refractivity contribution in [2.24, 2.45) is 0 Å². The summed E-state index contributed by atoms with van der Waals surface area (Å²) in [6.07, 6.45) is -1.15. The quantitative estimate of drug-likeness (QED) is 0.851. The Labute approximate surface area is 138 Å². The van der Waals surface area contributed by atoms with Gasteiger partial charge in [0.25, 0.3) is 0 Å². The first-order valence-corrected chi connectivity index (χ1v) is 8.90. The van der Waals surface area contributed by atoms with Gasteiger partial charge in [0, 0.05) is 29.9 Å². The van der Waals surface area contributed by atoms with Crippen LogP contribution in [0.3, 0.4) is 0 Å². The van der Waals surface area contributed by atoms with E-state index in [9.17, 15) is 22.0 Å². The molecule has 24 heavy (non-hydrogen) atoms. The maximum atomic E-state index is 13.9. The second-order valence-corrected chi connectivity index (χ2v) is 7.60. The SMILES string of the molecule is [CH2]c1cc(F)cc(Oc2ccc(S(C)(=O)=O)c3c2CC(F)C3=O)c1. The summed E-state index contributed by atoms with van der Waals surface area (Å²) in [7, 11) is -3.70. The number of rotatable bonds is 3. The van der Waals surface area contributed by atoms with Crippen LogP contribution in [0.1, 0.15) is 21.5 Å². The molecule has 0 N–H and O–H groups in total. The van der Waals surface area contributed by atoms with Gasteiger partial charge >= 0.3 is 0 Å². The number of ether oxygens (including phenoxy) is 1. The summed E-state index contributed by atoms with van der Waals surface area (Å²) < 4.78 is 56.5. The minimum absolute atomic E-state index is 0.121. The zero-order chi connectivity index (χ0) is 17.6. The molecule has 0 spiro atoms. The molecular formula is C17H13F2O4S. The van der Waals surface area contributed by atoms with E-state index in [0.717, 1.165) is 12.3 Å². The summed E-state index contributed by atoms with van der Waals surface area (Å²) in [5.74, 6) is -1.19. The number of ketones is 1. The fourth-order valence-corrected chi connectivity index (χ4v) is 3.63. The smallest absolute Gasteiger partial charge is 0.198 e. The van der Waals surface area contributed by atoms with Gasteiger partial charge in [-0.1, -0.05) is 0 Å². The second kappa shape index (κ2) is 5.66. The van der Waals surface area contributed by atoms with Crippen LogP contribution in [0.2, 0.25) is 0 Å². The number of halogens is 2. The van der Waals surface area contributed by atoms with Crippen LogP contribution in [0.15, 0.2) is 35.2 Å². The van der Waals surface area contributed by atoms with Gasteiger partial charge in [0.15, 0.2) is 21.8 Å². The Morgan fingerprint density at radius 3 is 2.58 bits per heavy atom. The van der Waals surface area contributed by atoms with Gasteiger partial charge in [0.1, 0.15) is 17.3 Å². The van der Waals surface area contributed by atoms with Crippen molar-refractivity contribution in [1.82, 2.24) is 0 Å². The number of carbonyl (C=O) groups excluding carboxylic acids is 1. The lowest BCUT2D eigenvalue weighted by Crippen LogP contribution is -2.12. The Morgan fingerprint density at radius 1 is 1.25 bits per heavy atom. The number of hydrogen-bond donors (Lipinski definition) is 0. The molecule has 1 aliphatic carbocycles. The average molecular weight is 351 g/mol. The van der Waals surface area contributed by atoms with Crippen molar-refractivity contribution in [3.05, 3.63) is 59.8 Å². The predicted octanol–water partition coefficient (Wildman–Crippen LogP) is 3.28. The molecule has 0 aliphatic heterocycles. The molecule has 4 nitrogen and oxygen atoms in total. The monoisotopic (exact) mass is 351 g/mol. The Balaban J connectivity index is 2.13. The Hall–Kier alpha value is -2.28. The van der Waals surface area contributed by atoms with Crippen LogP contribution in [0, 0.1) is 12.7 Å². The van der Waals surface area contributed by atoms with E-state index in [1.165, 1.54) is 24.3 Å². The molecule has 0 amide bonds. The molecule has 3 rings (SSSR count). The van der Waals surface area contributed by atoms with Gasteiger partial charge in [-0.15, -0.1) is 0 Å². The van der Waals surface area contributed by atoms with E-state index in [0.29, 0.717) is 5.56 Å². The van der Waals surface area contributed by atoms with Crippen molar-refractivity contribution in [1.29, 1.82) is 0 Å². The average Bonchev–Trinajstić information content (AvgIpc) is 2.74. The minimum Gasteiger partial charge on any atom is -0.457 e. The van der Waals surface area contributed by atoms with Gasteiger partial charge < -0.3 is 4.74 Å². The maximum absolute atomic E-state index is 13.9. The normalized spacial score (nSPS) is 17.0. The highest BCUT2D eigenvalue weighted by molar-refractivity contribution is 7.90. The van der Waals surface area contributed by atoms with Gasteiger partial charge in [0.05, 0.1) is 4.90 Å². The fourth-order valence-electron chi connectivity index (χ4n) is 2.72. The summed E-state index contributed by atoms with van der Waals surface area (Å²) >= 11 is 0. The van der Waals surface area contributed by atoms with E-state index >= 15 is 0 Å². The van der Waals surface area contributed by atoms with Crippen LogP contribution < -0.4 is 4.74 Å². The van der Waals surface area contributed by atoms with Crippen LogP contribution in [-0.4, -0.2) is 26.6 Å². The molecule has 0 heterocycles. The molecule has 0 bridgehead atoms. The van der Waals surface area contributed by atoms with Gasteiger partial charge in [0.2, 0.25) is 0 Å². The minimum atomic E-state index is -3.70. The molecule has 125 valence electrons. The van der Waals surface area contributed by atoms with Gasteiger partial charge in [-0.2, -0.15) is 0 Å². The number of benzene rings is 2. The first kappa shape index (κ1) is 16.6. The molecule has 0 saturated carbocycles. The number of alkyl halides is 1. The standard InChI is InChI=1S/C17H13F2O4S/c1-9-5-10(18)7-11(6-9)23-14-3-4-15(24(2,21)22)16-12(14)8-13(19)17(16)20/h3-7,13H,1,8H2,2H3. The lowest BCUT2D eigenvalue weighted by atomic mass is 10.1. The largest absolute Gasteiger partial charge is 0.457 e. The van der Waals surface area contributed by atoms with Gasteiger partial charge in [-0.05, 0) is 36.8 Å². The molecule has 0 saturated heterocycles. The summed E-state index contributed by atoms with van der Waals surface area (Å²) in [5, 5.41) is 0. The number of hydrogen-bond acceptors (Lipinski definition) is 4. The third-order valence-electron chi connectivity index (χ3n) is 3.70. The highest BCUT2D eigenvalue weighted by Crippen LogP contribution is 2.38. The highest BCUT2D eigenvalue weighted by Gasteiger charge is 2.37. The third-order valence-corrected chi connectivity index (χ3v) is 4.84. The molecule has 1 unspecified atom stereocenters. The lowest BCUT2D eigenvalue weighted by molar-refractivity contribution is 0.0896. The number of sulfone groups is 1. The maximum Gasteiger partial charge on any atom is 0.198 e. The highest BCUT2D eigenvalue weighted by atomic mass is 32.2. The van der Waals surface area contributed by atoms with E-state index in [1.54, 1.807) is 0 Å². The van der Waals surface area contributed by atoms with E-state index < -0.39 is 27.6 Å². The van der Waals surface area contributed by atoms with Crippen molar-refractivity contribution in [3.8, 4) is 11.5 Å². The Morgan fingerprint density at radius 2 is 1.96 bits per heavy atom. The topological polar surface area (TPSA) is 60.4 Å². The molecule has 2 aromatic rings. The summed E-state index contributed by atoms with van der Waals surface area (Å²) in [5.41, 5.74) is 0.368. The van der Waals surface area contributed by atoms with Crippen molar-refractivity contribution < 1.29 is 26.7 Å². The summed E-state index contributed by atoms with van der Waals surface area (Å²) in [6.45, 7) is 3.61. The molecule has 1 radical (unpaired) electrons. The molecule has 7 heteroatoms. The number of carbonyl (C=O) groups is 1. The zero-order valence-electron chi connectivity index (χ0n) is 12.7. The first-order chi connectivity index (χ1) is 11.2. The van der Waals surface area contributed by atoms with Crippen LogP contribution in [0.4, 0.5) is 8.78 Å². The molecular weight excluding hydrogens is 338 g/mol. The van der Waals surface area contributed by atoms with Crippen molar-refractivity contribution in [2.75, 3.05) is 6.26 Å². The van der Waals surface area contributed by atoms with Crippen molar-refractivity contribution in [3.63, 3.8) is 0 Å². The predicted molar refractivity (Wildman–Crippen MR) is 83.4 cm³/mol. The number of fused-ring (bicyclic) bond motifs is 1. The Bertz CT molecular complexity index is 931. The lowest BCUT2D eigenvalue weighted by Gasteiger charge is -2.13. The zero-order valence-corrected chi connectivity index (χ0v) is 13.5. The molecule has 2 aromatic carbocycles. The van der Waals surface area contributed by atoms with E-state index in [2.05, 4.69) is 6.92 Å². The number of Topliss-reactive ketones (excluding diaryl/α,β-unsaturated/α-hetero) is 1. The molecule has 1 aliphatic rings. The van der Waals surface area contributed by atoms with Crippen LogP contribution in [-0.2, 0) is 16.3 Å². The summed E-state index contributed by atoms with van der Waals surface area (Å²) in [4.78, 5) is 11.8. The Kier molecular flexibility index (Phi) is 3.91. The van der Waals surface area contributed by atoms with Gasteiger partial charge in [-0.3, -0.25) is 4.79 Å².